The molecule has 1 aliphatic carbocycles. The first kappa shape index (κ1) is 24.2. The maximum Gasteiger partial charge on any atom is 0.230 e. The standard InChI is InChI=1S/C29H29ClN4O2/c1-19(35)11-12-20-13-25(17-31-15-20)34(29(36)21-7-4-3-5-8-21)18-23-10-6-9-22-14-24-16-32-33(2)28(24)27(30)26(22)23/h6,9-17,21H,3-5,7-8,18H2,1-2H3/b12-11+. The van der Waals surface area contributed by atoms with Gasteiger partial charge in [-0.25, -0.2) is 0 Å². The molecule has 0 atom stereocenters. The second-order valence-electron chi connectivity index (χ2n) is 9.59. The summed E-state index contributed by atoms with van der Waals surface area (Å²) in [7, 11) is 1.88. The van der Waals surface area contributed by atoms with Crippen LogP contribution in [0.3, 0.4) is 0 Å². The molecule has 2 aromatic heterocycles. The number of carbonyl (C=O) groups is 2. The number of aryl methyl sites for hydroxylation is 1. The molecule has 0 radical (unpaired) electrons. The third-order valence-corrected chi connectivity index (χ3v) is 7.37. The van der Waals surface area contributed by atoms with Crippen LogP contribution in [0.5, 0.6) is 0 Å². The van der Waals surface area contributed by atoms with Crippen LogP contribution in [0.4, 0.5) is 5.69 Å². The third-order valence-electron chi connectivity index (χ3n) is 7.00. The molecule has 2 heterocycles. The smallest absolute Gasteiger partial charge is 0.230 e. The van der Waals surface area contributed by atoms with Crippen molar-refractivity contribution in [2.24, 2.45) is 13.0 Å². The molecule has 1 fully saturated rings. The molecule has 36 heavy (non-hydrogen) atoms. The van der Waals surface area contributed by atoms with Gasteiger partial charge >= 0.3 is 0 Å². The van der Waals surface area contributed by atoms with Crippen molar-refractivity contribution >= 4 is 56.7 Å². The van der Waals surface area contributed by atoms with Gasteiger partial charge in [-0.1, -0.05) is 49.1 Å². The van der Waals surface area contributed by atoms with Crippen molar-refractivity contribution in [3.8, 4) is 0 Å². The Morgan fingerprint density at radius 2 is 1.92 bits per heavy atom. The number of rotatable bonds is 6. The summed E-state index contributed by atoms with van der Waals surface area (Å²) in [4.78, 5) is 31.6. The number of halogens is 1. The first-order valence-corrected chi connectivity index (χ1v) is 12.8. The van der Waals surface area contributed by atoms with E-state index in [1.54, 1.807) is 23.2 Å². The van der Waals surface area contributed by atoms with Gasteiger partial charge in [0.15, 0.2) is 5.78 Å². The van der Waals surface area contributed by atoms with Crippen LogP contribution < -0.4 is 4.90 Å². The van der Waals surface area contributed by atoms with Gasteiger partial charge in [-0.15, -0.1) is 0 Å². The second-order valence-corrected chi connectivity index (χ2v) is 9.97. The lowest BCUT2D eigenvalue weighted by molar-refractivity contribution is -0.123. The molecule has 2 aromatic carbocycles. The van der Waals surface area contributed by atoms with Crippen LogP contribution in [0.25, 0.3) is 27.8 Å². The van der Waals surface area contributed by atoms with Gasteiger partial charge in [0, 0.05) is 29.9 Å². The first-order chi connectivity index (χ1) is 17.4. The summed E-state index contributed by atoms with van der Waals surface area (Å²) in [6.45, 7) is 1.88. The SMILES string of the molecule is CC(=O)/C=C/c1cncc(N(Cc2cccc3cc4cnn(C)c4c(Cl)c23)C(=O)C2CCCCC2)c1. The number of benzene rings is 2. The summed E-state index contributed by atoms with van der Waals surface area (Å²) in [5.74, 6) is 0.0609. The number of hydrogen-bond donors (Lipinski definition) is 0. The van der Waals surface area contributed by atoms with Crippen LogP contribution in [0.15, 0.2) is 55.0 Å². The molecule has 4 aromatic rings. The van der Waals surface area contributed by atoms with Gasteiger partial charge in [0.05, 0.1) is 35.2 Å². The number of aromatic nitrogens is 3. The van der Waals surface area contributed by atoms with Gasteiger partial charge in [-0.3, -0.25) is 19.3 Å². The van der Waals surface area contributed by atoms with Crippen LogP contribution >= 0.6 is 11.6 Å². The van der Waals surface area contributed by atoms with Gasteiger partial charge < -0.3 is 4.90 Å². The van der Waals surface area contributed by atoms with Gasteiger partial charge in [0.2, 0.25) is 5.91 Å². The monoisotopic (exact) mass is 500 g/mol. The lowest BCUT2D eigenvalue weighted by Gasteiger charge is -2.30. The van der Waals surface area contributed by atoms with Gasteiger partial charge in [-0.2, -0.15) is 5.10 Å². The number of allylic oxidation sites excluding steroid dienone is 1. The quantitative estimate of drug-likeness (QED) is 0.284. The number of hydrogen-bond acceptors (Lipinski definition) is 4. The molecule has 5 rings (SSSR count). The average molecular weight is 501 g/mol. The molecule has 0 unspecified atom stereocenters. The van der Waals surface area contributed by atoms with Gasteiger partial charge in [-0.05, 0) is 60.6 Å². The molecule has 7 heteroatoms. The average Bonchev–Trinajstić information content (AvgIpc) is 3.27. The summed E-state index contributed by atoms with van der Waals surface area (Å²) in [5.41, 5.74) is 3.33. The van der Waals surface area contributed by atoms with Crippen LogP contribution in [-0.2, 0) is 23.2 Å². The van der Waals surface area contributed by atoms with Crippen molar-refractivity contribution in [1.29, 1.82) is 0 Å². The highest BCUT2D eigenvalue weighted by Crippen LogP contribution is 2.36. The highest BCUT2D eigenvalue weighted by Gasteiger charge is 2.28. The molecule has 0 N–H and O–H groups in total. The number of pyridine rings is 1. The van der Waals surface area contributed by atoms with E-state index >= 15 is 0 Å². The van der Waals surface area contributed by atoms with Crippen LogP contribution in [-0.4, -0.2) is 26.5 Å². The van der Waals surface area contributed by atoms with Crippen molar-refractivity contribution in [1.82, 2.24) is 14.8 Å². The van der Waals surface area contributed by atoms with E-state index in [1.807, 2.05) is 42.4 Å². The van der Waals surface area contributed by atoms with E-state index in [0.717, 1.165) is 58.5 Å². The van der Waals surface area contributed by atoms with Crippen LogP contribution in [0.1, 0.15) is 50.2 Å². The van der Waals surface area contributed by atoms with Crippen molar-refractivity contribution < 1.29 is 9.59 Å². The van der Waals surface area contributed by atoms with Crippen LogP contribution in [0, 0.1) is 5.92 Å². The Balaban J connectivity index is 1.61. The predicted octanol–water partition coefficient (Wildman–Crippen LogP) is 6.49. The molecule has 1 amide bonds. The van der Waals surface area contributed by atoms with Gasteiger partial charge in [0.1, 0.15) is 0 Å². The maximum absolute atomic E-state index is 13.9. The summed E-state index contributed by atoms with van der Waals surface area (Å²) in [5, 5.41) is 7.94. The molecule has 1 saturated carbocycles. The minimum atomic E-state index is -0.0394. The van der Waals surface area contributed by atoms with E-state index in [2.05, 4.69) is 16.1 Å². The van der Waals surface area contributed by atoms with Gasteiger partial charge in [0.25, 0.3) is 0 Å². The highest BCUT2D eigenvalue weighted by molar-refractivity contribution is 6.40. The fourth-order valence-corrected chi connectivity index (χ4v) is 5.65. The first-order valence-electron chi connectivity index (χ1n) is 12.4. The number of carbonyl (C=O) groups excluding carboxylic acids is 2. The van der Waals surface area contributed by atoms with E-state index in [4.69, 9.17) is 11.6 Å². The Morgan fingerprint density at radius 3 is 2.69 bits per heavy atom. The molecule has 0 spiro atoms. The van der Waals surface area contributed by atoms with Crippen molar-refractivity contribution in [2.45, 2.75) is 45.6 Å². The highest BCUT2D eigenvalue weighted by atomic mass is 35.5. The Hall–Kier alpha value is -3.51. The predicted molar refractivity (Wildman–Crippen MR) is 145 cm³/mol. The minimum Gasteiger partial charge on any atom is -0.306 e. The zero-order valence-electron chi connectivity index (χ0n) is 20.6. The molecule has 0 bridgehead atoms. The Bertz CT molecular complexity index is 1480. The number of anilines is 1. The van der Waals surface area contributed by atoms with Crippen LogP contribution in [0.2, 0.25) is 5.02 Å². The van der Waals surface area contributed by atoms with Crippen molar-refractivity contribution in [2.75, 3.05) is 4.90 Å². The largest absolute Gasteiger partial charge is 0.306 e. The summed E-state index contributed by atoms with van der Waals surface area (Å²) >= 11 is 6.96. The zero-order valence-corrected chi connectivity index (χ0v) is 21.3. The fraction of sp³-hybridized carbons (Fsp3) is 0.310. The number of ketones is 1. The second kappa shape index (κ2) is 10.2. The van der Waals surface area contributed by atoms with Crippen molar-refractivity contribution in [3.05, 3.63) is 71.1 Å². The van der Waals surface area contributed by atoms with Crippen molar-refractivity contribution in [3.63, 3.8) is 0 Å². The maximum atomic E-state index is 13.9. The molecular formula is C29H29ClN4O2. The zero-order chi connectivity index (χ0) is 25.2. The Kier molecular flexibility index (Phi) is 6.88. The topological polar surface area (TPSA) is 68.1 Å². The third kappa shape index (κ3) is 4.78. The summed E-state index contributed by atoms with van der Waals surface area (Å²) in [6, 6.07) is 10.1. The van der Waals surface area contributed by atoms with E-state index in [0.29, 0.717) is 17.3 Å². The molecule has 0 saturated heterocycles. The van der Waals surface area contributed by atoms with E-state index < -0.39 is 0 Å². The van der Waals surface area contributed by atoms with E-state index in [-0.39, 0.29) is 17.6 Å². The van der Waals surface area contributed by atoms with E-state index in [1.165, 1.54) is 19.4 Å². The lowest BCUT2D eigenvalue weighted by atomic mass is 9.88. The molecule has 6 nitrogen and oxygen atoms in total. The number of amides is 1. The lowest BCUT2D eigenvalue weighted by Crippen LogP contribution is -2.37. The Morgan fingerprint density at radius 1 is 1.11 bits per heavy atom. The number of fused-ring (bicyclic) bond motifs is 2. The molecular weight excluding hydrogens is 472 g/mol. The fourth-order valence-electron chi connectivity index (χ4n) is 5.19. The summed E-state index contributed by atoms with van der Waals surface area (Å²) in [6.07, 6.45) is 13.6. The van der Waals surface area contributed by atoms with E-state index in [9.17, 15) is 9.59 Å². The molecule has 184 valence electrons. The molecule has 0 aliphatic heterocycles. The Labute approximate surface area is 215 Å². The normalized spacial score (nSPS) is 14.6. The number of nitrogens with zero attached hydrogens (tertiary/aromatic N) is 4. The summed E-state index contributed by atoms with van der Waals surface area (Å²) < 4.78 is 1.79. The molecule has 1 aliphatic rings. The minimum absolute atomic E-state index is 0.00982.